The molecule has 0 N–H and O–H groups in total. The van der Waals surface area contributed by atoms with Crippen LogP contribution < -0.4 is 0 Å². The van der Waals surface area contributed by atoms with E-state index in [1.807, 2.05) is 0 Å². The Hall–Kier alpha value is -0.980. The lowest BCUT2D eigenvalue weighted by Gasteiger charge is -2.10. The van der Waals surface area contributed by atoms with Gasteiger partial charge in [-0.3, -0.25) is 20.2 Å². The molecular weight excluding hydrogens is 196 g/mol. The molecular formula is C6H10N2O4S. The van der Waals surface area contributed by atoms with Crippen molar-refractivity contribution in [2.75, 3.05) is 11.5 Å². The first-order chi connectivity index (χ1) is 6.13. The van der Waals surface area contributed by atoms with Crippen molar-refractivity contribution >= 4 is 15.6 Å². The number of rotatable bonds is 0. The van der Waals surface area contributed by atoms with Crippen molar-refractivity contribution in [1.82, 2.24) is 0 Å². The number of hydrogen-bond acceptors (Lipinski definition) is 4. The SMILES string of the molecule is O=[N+]([O-])C([N+](=O)[O-])=S1CCCCC1. The lowest BCUT2D eigenvalue weighted by molar-refractivity contribution is -0.495. The van der Waals surface area contributed by atoms with Gasteiger partial charge in [-0.25, -0.2) is 0 Å². The van der Waals surface area contributed by atoms with Crippen LogP contribution in [0, 0.1) is 20.2 Å². The Labute approximate surface area is 77.2 Å². The fourth-order valence-corrected chi connectivity index (χ4v) is 3.39. The van der Waals surface area contributed by atoms with E-state index < -0.39 is 25.4 Å². The molecule has 0 aromatic carbocycles. The standard InChI is InChI=1S/C6H10N2O4S/c9-7(10)6(8(11)12)13-4-2-1-3-5-13/h1-5H2. The third-order valence-electron chi connectivity index (χ3n) is 1.85. The smallest absolute Gasteiger partial charge is 0.253 e. The summed E-state index contributed by atoms with van der Waals surface area (Å²) in [6, 6.07) is 0. The first kappa shape index (κ1) is 10.1. The Bertz CT molecular complexity index is 252. The van der Waals surface area contributed by atoms with Gasteiger partial charge in [0.2, 0.25) is 0 Å². The predicted molar refractivity (Wildman–Crippen MR) is 50.2 cm³/mol. The van der Waals surface area contributed by atoms with Crippen LogP contribution in [0.3, 0.4) is 0 Å². The van der Waals surface area contributed by atoms with Crippen LogP contribution in [0.1, 0.15) is 19.3 Å². The zero-order valence-corrected chi connectivity index (χ0v) is 7.79. The molecule has 0 amide bonds. The normalized spacial score (nSPS) is 18.2. The van der Waals surface area contributed by atoms with Gasteiger partial charge < -0.3 is 0 Å². The summed E-state index contributed by atoms with van der Waals surface area (Å²) in [5.74, 6) is 1.22. The van der Waals surface area contributed by atoms with Crippen LogP contribution in [0.25, 0.3) is 0 Å². The van der Waals surface area contributed by atoms with E-state index in [1.54, 1.807) is 0 Å². The van der Waals surface area contributed by atoms with Crippen LogP contribution in [0.4, 0.5) is 0 Å². The summed E-state index contributed by atoms with van der Waals surface area (Å²) in [5.41, 5.74) is 0. The zero-order chi connectivity index (χ0) is 9.84. The largest absolute Gasteiger partial charge is 0.586 e. The minimum absolute atomic E-state index is 0.608. The number of nitrogens with zero attached hydrogens (tertiary/aromatic N) is 2. The monoisotopic (exact) mass is 206 g/mol. The van der Waals surface area contributed by atoms with Crippen molar-refractivity contribution < 1.29 is 9.85 Å². The Kier molecular flexibility index (Phi) is 3.35. The lowest BCUT2D eigenvalue weighted by atomic mass is 10.3. The topological polar surface area (TPSA) is 86.3 Å². The van der Waals surface area contributed by atoms with E-state index in [0.717, 1.165) is 19.3 Å². The second-order valence-corrected chi connectivity index (χ2v) is 4.93. The summed E-state index contributed by atoms with van der Waals surface area (Å²) < 4.78 is 0. The summed E-state index contributed by atoms with van der Waals surface area (Å²) in [7, 11) is -0.724. The van der Waals surface area contributed by atoms with E-state index in [9.17, 15) is 20.2 Å². The van der Waals surface area contributed by atoms with Gasteiger partial charge in [0.25, 0.3) is 0 Å². The van der Waals surface area contributed by atoms with Crippen molar-refractivity contribution in [2.45, 2.75) is 19.3 Å². The van der Waals surface area contributed by atoms with Crippen LogP contribution in [0.2, 0.25) is 0 Å². The molecule has 0 aliphatic carbocycles. The molecule has 1 fully saturated rings. The Morgan fingerprint density at radius 1 is 1.00 bits per heavy atom. The molecule has 0 radical (unpaired) electrons. The van der Waals surface area contributed by atoms with Crippen LogP contribution in [0.15, 0.2) is 0 Å². The van der Waals surface area contributed by atoms with E-state index >= 15 is 0 Å². The zero-order valence-electron chi connectivity index (χ0n) is 6.97. The maximum Gasteiger partial charge on any atom is 0.586 e. The molecule has 7 heteroatoms. The molecule has 0 aromatic rings. The first-order valence-electron chi connectivity index (χ1n) is 3.96. The summed E-state index contributed by atoms with van der Waals surface area (Å²) in [4.78, 5) is 19.1. The van der Waals surface area contributed by atoms with Crippen molar-refractivity contribution in [2.24, 2.45) is 0 Å². The summed E-state index contributed by atoms with van der Waals surface area (Å²) >= 11 is 0. The first-order valence-corrected chi connectivity index (χ1v) is 5.52. The highest BCUT2D eigenvalue weighted by molar-refractivity contribution is 8.15. The Morgan fingerprint density at radius 3 is 1.85 bits per heavy atom. The molecule has 1 aliphatic rings. The van der Waals surface area contributed by atoms with Gasteiger partial charge in [0.15, 0.2) is 0 Å². The van der Waals surface area contributed by atoms with E-state index in [1.165, 1.54) is 0 Å². The van der Waals surface area contributed by atoms with E-state index in [-0.39, 0.29) is 0 Å². The molecule has 74 valence electrons. The fraction of sp³-hybridized carbons (Fsp3) is 0.833. The average molecular weight is 206 g/mol. The van der Waals surface area contributed by atoms with Crippen molar-refractivity contribution in [1.29, 1.82) is 0 Å². The van der Waals surface area contributed by atoms with Gasteiger partial charge in [-0.15, -0.1) is 0 Å². The van der Waals surface area contributed by atoms with E-state index in [0.29, 0.717) is 11.5 Å². The Morgan fingerprint density at radius 2 is 1.46 bits per heavy atom. The van der Waals surface area contributed by atoms with Gasteiger partial charge in [0, 0.05) is 11.5 Å². The highest BCUT2D eigenvalue weighted by Crippen LogP contribution is 2.25. The van der Waals surface area contributed by atoms with Crippen LogP contribution in [-0.2, 0) is 0 Å². The minimum atomic E-state index is -0.839. The maximum absolute atomic E-state index is 10.4. The van der Waals surface area contributed by atoms with Gasteiger partial charge in [-0.2, -0.15) is 0 Å². The Balaban J connectivity index is 2.93. The molecule has 0 atom stereocenters. The van der Waals surface area contributed by atoms with Crippen LogP contribution in [0.5, 0.6) is 0 Å². The average Bonchev–Trinajstić information content (AvgIpc) is 2.04. The molecule has 13 heavy (non-hydrogen) atoms. The summed E-state index contributed by atoms with van der Waals surface area (Å²) in [6.45, 7) is 0. The number of nitro groups is 2. The lowest BCUT2D eigenvalue weighted by Crippen LogP contribution is -2.24. The van der Waals surface area contributed by atoms with Crippen LogP contribution in [-0.4, -0.2) is 26.5 Å². The van der Waals surface area contributed by atoms with Gasteiger partial charge >= 0.3 is 5.11 Å². The molecule has 0 spiro atoms. The molecule has 1 heterocycles. The molecule has 0 unspecified atom stereocenters. The maximum atomic E-state index is 10.4. The highest BCUT2D eigenvalue weighted by atomic mass is 32.2. The predicted octanol–water partition coefficient (Wildman–Crippen LogP) is 1.08. The second-order valence-electron chi connectivity index (χ2n) is 2.76. The molecule has 0 aromatic heterocycles. The van der Waals surface area contributed by atoms with Crippen molar-refractivity contribution in [3.8, 4) is 0 Å². The van der Waals surface area contributed by atoms with Crippen LogP contribution >= 0.6 is 10.5 Å². The van der Waals surface area contributed by atoms with Crippen molar-refractivity contribution in [3.63, 3.8) is 0 Å². The third kappa shape index (κ3) is 2.48. The molecule has 0 bridgehead atoms. The fourth-order valence-electron chi connectivity index (χ4n) is 1.29. The summed E-state index contributed by atoms with van der Waals surface area (Å²) in [6.07, 6.45) is 2.77. The van der Waals surface area contributed by atoms with Gasteiger partial charge in [-0.05, 0) is 23.3 Å². The molecule has 1 aliphatic heterocycles. The number of hydrogen-bond donors (Lipinski definition) is 0. The molecule has 0 saturated carbocycles. The van der Waals surface area contributed by atoms with E-state index in [4.69, 9.17) is 0 Å². The van der Waals surface area contributed by atoms with E-state index in [2.05, 4.69) is 0 Å². The molecule has 1 rings (SSSR count). The van der Waals surface area contributed by atoms with Gasteiger partial charge in [0.05, 0.1) is 0 Å². The van der Waals surface area contributed by atoms with Crippen molar-refractivity contribution in [3.05, 3.63) is 20.2 Å². The van der Waals surface area contributed by atoms with Gasteiger partial charge in [0.1, 0.15) is 9.85 Å². The molecule has 1 saturated heterocycles. The minimum Gasteiger partial charge on any atom is -0.253 e. The summed E-state index contributed by atoms with van der Waals surface area (Å²) in [5, 5.41) is 20.1. The highest BCUT2D eigenvalue weighted by Gasteiger charge is 2.31. The second kappa shape index (κ2) is 4.31. The quantitative estimate of drug-likeness (QED) is 0.337. The third-order valence-corrected chi connectivity index (χ3v) is 4.23. The molecule has 6 nitrogen and oxygen atoms in total. The van der Waals surface area contributed by atoms with Gasteiger partial charge in [-0.1, -0.05) is 6.42 Å².